The summed E-state index contributed by atoms with van der Waals surface area (Å²) in [6.07, 6.45) is 3.81. The van der Waals surface area contributed by atoms with Crippen LogP contribution in [0.15, 0.2) is 170 Å². The van der Waals surface area contributed by atoms with Gasteiger partial charge >= 0.3 is 0 Å². The lowest BCUT2D eigenvalue weighted by molar-refractivity contribution is 1.13. The molecule has 0 bridgehead atoms. The lowest BCUT2D eigenvalue weighted by Crippen LogP contribution is -2.02. The molecule has 4 nitrogen and oxygen atoms in total. The van der Waals surface area contributed by atoms with Crippen molar-refractivity contribution >= 4 is 43.6 Å². The summed E-state index contributed by atoms with van der Waals surface area (Å²) in [7, 11) is 0. The van der Waals surface area contributed by atoms with E-state index in [1.807, 2.05) is 24.5 Å². The van der Waals surface area contributed by atoms with E-state index in [0.717, 1.165) is 44.6 Å². The Labute approximate surface area is 313 Å². The van der Waals surface area contributed by atoms with Crippen molar-refractivity contribution in [3.8, 4) is 50.8 Å². The molecule has 0 unspecified atom stereocenters. The summed E-state index contributed by atoms with van der Waals surface area (Å²) in [5.74, 6) is 0. The van der Waals surface area contributed by atoms with E-state index < -0.39 is 0 Å². The number of hydrogen-bond acceptors (Lipinski definition) is 2. The third kappa shape index (κ3) is 5.02. The zero-order valence-electron chi connectivity index (χ0n) is 30.0. The number of nitrogens with zero attached hydrogens (tertiary/aromatic N) is 4. The summed E-state index contributed by atoms with van der Waals surface area (Å²) in [5.41, 5.74) is 16.1. The van der Waals surface area contributed by atoms with E-state index in [2.05, 4.69) is 175 Å². The van der Waals surface area contributed by atoms with Crippen LogP contribution < -0.4 is 0 Å². The van der Waals surface area contributed by atoms with Crippen LogP contribution in [0.2, 0.25) is 0 Å². The number of benzene rings is 7. The summed E-state index contributed by atoms with van der Waals surface area (Å²) < 4.78 is 4.68. The number of para-hydroxylation sites is 2. The third-order valence-electron chi connectivity index (χ3n) is 10.7. The normalized spacial score (nSPS) is 11.5. The van der Waals surface area contributed by atoms with Crippen LogP contribution in [0.25, 0.3) is 88.4 Å². The molecule has 0 saturated carbocycles. The first-order valence-electron chi connectivity index (χ1n) is 18.3. The molecule has 7 aromatic carbocycles. The molecule has 0 aliphatic rings. The zero-order chi connectivity index (χ0) is 36.3. The molecule has 0 fully saturated rings. The highest BCUT2D eigenvalue weighted by molar-refractivity contribution is 6.12. The molecule has 0 spiro atoms. The largest absolute Gasteiger partial charge is 0.309 e. The average molecular weight is 691 g/mol. The van der Waals surface area contributed by atoms with Crippen LogP contribution in [0.1, 0.15) is 16.7 Å². The van der Waals surface area contributed by atoms with Crippen LogP contribution in [-0.2, 0) is 0 Å². The standard InChI is InChI=1S/C50H34N4/c1-32-9-7-11-35(25-32)37-18-21-48-43(28-37)39-13-3-5-15-45(39)53(48)47-20-17-34(30-51)27-42(47)41-23-24-52-31-50(41)54-46-16-6-4-14-40(46)44-29-38(19-22-49(44)54)36-12-8-10-33(2)26-36/h3-29,31H,1-2H3. The Kier molecular flexibility index (Phi) is 7.28. The SMILES string of the molecule is Cc1cccc(-c2ccc3c(c2)c2ccccc2n3-c2ccc(C#N)cc2-c2ccncc2-n2c3ccccc3c3cc(-c4cccc(C)c4)ccc32)c1. The van der Waals surface area contributed by atoms with Gasteiger partial charge in [0.25, 0.3) is 0 Å². The van der Waals surface area contributed by atoms with E-state index in [0.29, 0.717) is 5.56 Å². The van der Waals surface area contributed by atoms with E-state index in [9.17, 15) is 5.26 Å². The highest BCUT2D eigenvalue weighted by Crippen LogP contribution is 2.42. The summed E-state index contributed by atoms with van der Waals surface area (Å²) in [5, 5.41) is 14.9. The van der Waals surface area contributed by atoms with E-state index in [1.165, 1.54) is 54.9 Å². The average Bonchev–Trinajstić information content (AvgIpc) is 3.72. The summed E-state index contributed by atoms with van der Waals surface area (Å²) in [4.78, 5) is 4.70. The number of nitriles is 1. The summed E-state index contributed by atoms with van der Waals surface area (Å²) in [6.45, 7) is 4.27. The van der Waals surface area contributed by atoms with Gasteiger partial charge in [-0.15, -0.1) is 0 Å². The smallest absolute Gasteiger partial charge is 0.0991 e. The van der Waals surface area contributed by atoms with E-state index in [1.54, 1.807) is 0 Å². The molecule has 0 amide bonds. The van der Waals surface area contributed by atoms with Crippen LogP contribution in [0.5, 0.6) is 0 Å². The highest BCUT2D eigenvalue weighted by atomic mass is 15.0. The molecule has 0 radical (unpaired) electrons. The van der Waals surface area contributed by atoms with Crippen molar-refractivity contribution in [1.29, 1.82) is 5.26 Å². The van der Waals surface area contributed by atoms with Gasteiger partial charge in [0.2, 0.25) is 0 Å². The van der Waals surface area contributed by atoms with Gasteiger partial charge < -0.3 is 9.13 Å². The fourth-order valence-corrected chi connectivity index (χ4v) is 8.28. The molecule has 3 heterocycles. The molecular weight excluding hydrogens is 657 g/mol. The van der Waals surface area contributed by atoms with Crippen molar-refractivity contribution in [2.75, 3.05) is 0 Å². The first kappa shape index (κ1) is 31.5. The predicted molar refractivity (Wildman–Crippen MR) is 223 cm³/mol. The van der Waals surface area contributed by atoms with Crippen molar-refractivity contribution in [1.82, 2.24) is 14.1 Å². The number of aromatic nitrogens is 3. The zero-order valence-corrected chi connectivity index (χ0v) is 30.0. The van der Waals surface area contributed by atoms with Crippen LogP contribution in [0.4, 0.5) is 0 Å². The Morgan fingerprint density at radius 2 is 0.981 bits per heavy atom. The second kappa shape index (κ2) is 12.5. The monoisotopic (exact) mass is 690 g/mol. The van der Waals surface area contributed by atoms with Gasteiger partial charge in [-0.25, -0.2) is 0 Å². The fourth-order valence-electron chi connectivity index (χ4n) is 8.28. The molecule has 54 heavy (non-hydrogen) atoms. The number of hydrogen-bond donors (Lipinski definition) is 0. The molecule has 0 N–H and O–H groups in total. The van der Waals surface area contributed by atoms with Crippen LogP contribution >= 0.6 is 0 Å². The van der Waals surface area contributed by atoms with E-state index in [4.69, 9.17) is 4.98 Å². The lowest BCUT2D eigenvalue weighted by Gasteiger charge is -2.18. The molecule has 10 rings (SSSR count). The molecule has 0 atom stereocenters. The van der Waals surface area contributed by atoms with Gasteiger partial charge in [-0.2, -0.15) is 5.26 Å². The second-order valence-corrected chi connectivity index (χ2v) is 14.1. The van der Waals surface area contributed by atoms with Crippen molar-refractivity contribution < 1.29 is 0 Å². The third-order valence-corrected chi connectivity index (χ3v) is 10.7. The molecule has 10 aromatic rings. The van der Waals surface area contributed by atoms with Crippen molar-refractivity contribution in [2.24, 2.45) is 0 Å². The minimum atomic E-state index is 0.601. The van der Waals surface area contributed by atoms with E-state index >= 15 is 0 Å². The van der Waals surface area contributed by atoms with Crippen molar-refractivity contribution in [2.45, 2.75) is 13.8 Å². The first-order chi connectivity index (χ1) is 26.6. The molecule has 0 saturated heterocycles. The first-order valence-corrected chi connectivity index (χ1v) is 18.3. The van der Waals surface area contributed by atoms with Gasteiger partial charge in [0.05, 0.1) is 51.3 Å². The fraction of sp³-hybridized carbons (Fsp3) is 0.0400. The maximum Gasteiger partial charge on any atom is 0.0991 e. The van der Waals surface area contributed by atoms with Gasteiger partial charge in [0.1, 0.15) is 0 Å². The molecule has 0 aliphatic heterocycles. The Hall–Kier alpha value is -7.22. The van der Waals surface area contributed by atoms with Crippen LogP contribution in [0, 0.1) is 25.2 Å². The van der Waals surface area contributed by atoms with Gasteiger partial charge in [-0.3, -0.25) is 4.98 Å². The Bertz CT molecular complexity index is 3150. The quantitative estimate of drug-likeness (QED) is 0.180. The van der Waals surface area contributed by atoms with Crippen molar-refractivity contribution in [3.63, 3.8) is 0 Å². The van der Waals surface area contributed by atoms with Gasteiger partial charge in [-0.1, -0.05) is 108 Å². The highest BCUT2D eigenvalue weighted by Gasteiger charge is 2.21. The lowest BCUT2D eigenvalue weighted by atomic mass is 9.99. The maximum atomic E-state index is 10.2. The number of rotatable bonds is 5. The molecule has 254 valence electrons. The second-order valence-electron chi connectivity index (χ2n) is 14.1. The Balaban J connectivity index is 1.23. The van der Waals surface area contributed by atoms with Gasteiger partial charge in [0, 0.05) is 38.9 Å². The maximum absolute atomic E-state index is 10.2. The van der Waals surface area contributed by atoms with Crippen LogP contribution in [-0.4, -0.2) is 14.1 Å². The molecule has 3 aromatic heterocycles. The van der Waals surface area contributed by atoms with Gasteiger partial charge in [0.15, 0.2) is 0 Å². The minimum absolute atomic E-state index is 0.601. The Morgan fingerprint density at radius 1 is 0.444 bits per heavy atom. The molecule has 0 aliphatic carbocycles. The van der Waals surface area contributed by atoms with Crippen LogP contribution in [0.3, 0.4) is 0 Å². The molecular formula is C50H34N4. The van der Waals surface area contributed by atoms with Crippen molar-refractivity contribution in [3.05, 3.63) is 187 Å². The summed E-state index contributed by atoms with van der Waals surface area (Å²) >= 11 is 0. The number of pyridine rings is 1. The topological polar surface area (TPSA) is 46.5 Å². The predicted octanol–water partition coefficient (Wildman–Crippen LogP) is 12.8. The summed E-state index contributed by atoms with van der Waals surface area (Å²) in [6, 6.07) is 58.6. The Morgan fingerprint density at radius 3 is 1.56 bits per heavy atom. The minimum Gasteiger partial charge on any atom is -0.309 e. The van der Waals surface area contributed by atoms with Gasteiger partial charge in [-0.05, 0) is 96.8 Å². The number of aryl methyl sites for hydroxylation is 2. The van der Waals surface area contributed by atoms with E-state index in [-0.39, 0.29) is 0 Å². The molecule has 4 heteroatoms. The number of fused-ring (bicyclic) bond motifs is 6.